The number of rotatable bonds is 2. The van der Waals surface area contributed by atoms with Crippen LogP contribution in [0.4, 0.5) is 0 Å². The lowest BCUT2D eigenvalue weighted by Crippen LogP contribution is -1.93. The molecule has 1 aromatic carbocycles. The molecule has 0 saturated carbocycles. The molecule has 1 aromatic heterocycles. The van der Waals surface area contributed by atoms with E-state index in [1.807, 2.05) is 44.3 Å². The maximum atomic E-state index is 9.32. The molecule has 0 aliphatic heterocycles. The van der Waals surface area contributed by atoms with Gasteiger partial charge in [0.25, 0.3) is 0 Å². The van der Waals surface area contributed by atoms with Gasteiger partial charge >= 0.3 is 0 Å². The van der Waals surface area contributed by atoms with Gasteiger partial charge in [0.1, 0.15) is 0 Å². The Bertz CT molecular complexity index is 460. The van der Waals surface area contributed by atoms with Gasteiger partial charge in [0.15, 0.2) is 0 Å². The van der Waals surface area contributed by atoms with Gasteiger partial charge in [-0.25, -0.2) is 0 Å². The van der Waals surface area contributed by atoms with Crippen LogP contribution in [0.15, 0.2) is 30.3 Å². The fourth-order valence-corrected chi connectivity index (χ4v) is 1.67. The first-order valence-electron chi connectivity index (χ1n) is 4.92. The highest BCUT2D eigenvalue weighted by atomic mass is 16.3. The Kier molecular flexibility index (Phi) is 2.56. The average Bonchev–Trinajstić information content (AvgIpc) is 2.56. The van der Waals surface area contributed by atoms with E-state index < -0.39 is 0 Å². The van der Waals surface area contributed by atoms with Crippen LogP contribution in [-0.4, -0.2) is 14.9 Å². The van der Waals surface area contributed by atoms with Crippen LogP contribution in [-0.2, 0) is 13.7 Å². The number of aliphatic hydroxyl groups excluding tert-OH is 1. The molecular formula is C12H14N2O. The van der Waals surface area contributed by atoms with Crippen LogP contribution in [0.2, 0.25) is 0 Å². The van der Waals surface area contributed by atoms with Gasteiger partial charge < -0.3 is 5.11 Å². The van der Waals surface area contributed by atoms with Crippen LogP contribution in [0.3, 0.4) is 0 Å². The van der Waals surface area contributed by atoms with E-state index in [0.29, 0.717) is 0 Å². The quantitative estimate of drug-likeness (QED) is 0.807. The molecule has 3 heteroatoms. The predicted octanol–water partition coefficient (Wildman–Crippen LogP) is 1.89. The molecule has 3 nitrogen and oxygen atoms in total. The molecule has 15 heavy (non-hydrogen) atoms. The number of aliphatic hydroxyl groups is 1. The Labute approximate surface area is 89.0 Å². The lowest BCUT2D eigenvalue weighted by molar-refractivity contribution is 0.281. The number of aromatic nitrogens is 2. The van der Waals surface area contributed by atoms with Crippen LogP contribution in [0.5, 0.6) is 0 Å². The first-order valence-corrected chi connectivity index (χ1v) is 4.92. The second kappa shape index (κ2) is 3.87. The third-order valence-electron chi connectivity index (χ3n) is 2.66. The Morgan fingerprint density at radius 2 is 1.93 bits per heavy atom. The lowest BCUT2D eigenvalue weighted by atomic mass is 10.1. The minimum atomic E-state index is 0.0316. The van der Waals surface area contributed by atoms with Gasteiger partial charge in [-0.2, -0.15) is 5.10 Å². The highest BCUT2D eigenvalue weighted by molar-refractivity contribution is 5.63. The highest BCUT2D eigenvalue weighted by Gasteiger charge is 2.12. The van der Waals surface area contributed by atoms with Crippen molar-refractivity contribution in [3.05, 3.63) is 41.6 Å². The van der Waals surface area contributed by atoms with E-state index >= 15 is 0 Å². The zero-order valence-corrected chi connectivity index (χ0v) is 8.94. The van der Waals surface area contributed by atoms with Crippen LogP contribution in [0.25, 0.3) is 11.3 Å². The number of benzene rings is 1. The average molecular weight is 202 g/mol. The van der Waals surface area contributed by atoms with Crippen molar-refractivity contribution in [3.63, 3.8) is 0 Å². The van der Waals surface area contributed by atoms with Crippen molar-refractivity contribution in [2.45, 2.75) is 13.5 Å². The monoisotopic (exact) mass is 202 g/mol. The van der Waals surface area contributed by atoms with Crippen molar-refractivity contribution in [1.29, 1.82) is 0 Å². The largest absolute Gasteiger partial charge is 0.392 e. The number of hydrogen-bond acceptors (Lipinski definition) is 2. The molecule has 1 heterocycles. The molecule has 0 radical (unpaired) electrons. The molecule has 0 unspecified atom stereocenters. The third-order valence-corrected chi connectivity index (χ3v) is 2.66. The molecule has 2 aromatic rings. The standard InChI is InChI=1S/C12H14N2O/c1-9-11(8-15)12(13-14(9)2)10-6-4-3-5-7-10/h3-7,15H,8H2,1-2H3. The normalized spacial score (nSPS) is 10.6. The van der Waals surface area contributed by atoms with Gasteiger partial charge in [-0.05, 0) is 6.92 Å². The first kappa shape index (κ1) is 9.93. The zero-order valence-electron chi connectivity index (χ0n) is 8.94. The molecule has 0 atom stereocenters. The highest BCUT2D eigenvalue weighted by Crippen LogP contribution is 2.24. The van der Waals surface area contributed by atoms with Crippen LogP contribution in [0.1, 0.15) is 11.3 Å². The molecule has 2 rings (SSSR count). The van der Waals surface area contributed by atoms with Gasteiger partial charge in [0.05, 0.1) is 12.3 Å². The smallest absolute Gasteiger partial charge is 0.0981 e. The molecule has 0 bridgehead atoms. The van der Waals surface area contributed by atoms with Crippen LogP contribution >= 0.6 is 0 Å². The van der Waals surface area contributed by atoms with Gasteiger partial charge in [-0.15, -0.1) is 0 Å². The summed E-state index contributed by atoms with van der Waals surface area (Å²) in [5, 5.41) is 13.7. The third kappa shape index (κ3) is 1.66. The van der Waals surface area contributed by atoms with E-state index in [1.54, 1.807) is 4.68 Å². The topological polar surface area (TPSA) is 38.1 Å². The molecule has 0 spiro atoms. The maximum absolute atomic E-state index is 9.32. The summed E-state index contributed by atoms with van der Waals surface area (Å²) in [7, 11) is 1.89. The van der Waals surface area contributed by atoms with Crippen molar-refractivity contribution >= 4 is 0 Å². The van der Waals surface area contributed by atoms with Crippen molar-refractivity contribution in [3.8, 4) is 11.3 Å². The first-order chi connectivity index (χ1) is 7.24. The SMILES string of the molecule is Cc1c(CO)c(-c2ccccc2)nn1C. The summed E-state index contributed by atoms with van der Waals surface area (Å²) in [6.45, 7) is 1.99. The molecular weight excluding hydrogens is 188 g/mol. The summed E-state index contributed by atoms with van der Waals surface area (Å²) in [5.41, 5.74) is 3.84. The van der Waals surface area contributed by atoms with Crippen molar-refractivity contribution in [2.75, 3.05) is 0 Å². The Morgan fingerprint density at radius 3 is 2.53 bits per heavy atom. The Hall–Kier alpha value is -1.61. The summed E-state index contributed by atoms with van der Waals surface area (Å²) in [6.07, 6.45) is 0. The van der Waals surface area contributed by atoms with E-state index in [-0.39, 0.29) is 6.61 Å². The Balaban J connectivity index is 2.58. The number of aryl methyl sites for hydroxylation is 1. The summed E-state index contributed by atoms with van der Waals surface area (Å²) in [6, 6.07) is 9.92. The van der Waals surface area contributed by atoms with E-state index in [1.165, 1.54) is 0 Å². The van der Waals surface area contributed by atoms with Crippen molar-refractivity contribution < 1.29 is 5.11 Å². The fourth-order valence-electron chi connectivity index (χ4n) is 1.67. The second-order valence-electron chi connectivity index (χ2n) is 3.56. The van der Waals surface area contributed by atoms with Gasteiger partial charge in [-0.3, -0.25) is 4.68 Å². The minimum Gasteiger partial charge on any atom is -0.392 e. The number of hydrogen-bond donors (Lipinski definition) is 1. The molecule has 0 fully saturated rings. The zero-order chi connectivity index (χ0) is 10.8. The van der Waals surface area contributed by atoms with E-state index in [2.05, 4.69) is 5.10 Å². The summed E-state index contributed by atoms with van der Waals surface area (Å²) >= 11 is 0. The predicted molar refractivity (Wildman–Crippen MR) is 59.3 cm³/mol. The minimum absolute atomic E-state index is 0.0316. The Morgan fingerprint density at radius 1 is 1.27 bits per heavy atom. The molecule has 0 aliphatic rings. The van der Waals surface area contributed by atoms with Gasteiger partial charge in [0.2, 0.25) is 0 Å². The van der Waals surface area contributed by atoms with E-state index in [9.17, 15) is 5.11 Å². The number of nitrogens with zero attached hydrogens (tertiary/aromatic N) is 2. The molecule has 0 amide bonds. The molecule has 1 N–H and O–H groups in total. The molecule has 0 aliphatic carbocycles. The van der Waals surface area contributed by atoms with Crippen molar-refractivity contribution in [2.24, 2.45) is 7.05 Å². The van der Waals surface area contributed by atoms with Gasteiger partial charge in [0, 0.05) is 23.9 Å². The van der Waals surface area contributed by atoms with E-state index in [0.717, 1.165) is 22.5 Å². The van der Waals surface area contributed by atoms with E-state index in [4.69, 9.17) is 0 Å². The van der Waals surface area contributed by atoms with Crippen molar-refractivity contribution in [1.82, 2.24) is 9.78 Å². The summed E-state index contributed by atoms with van der Waals surface area (Å²) in [5.74, 6) is 0. The maximum Gasteiger partial charge on any atom is 0.0981 e. The van der Waals surface area contributed by atoms with Gasteiger partial charge in [-0.1, -0.05) is 30.3 Å². The molecule has 0 saturated heterocycles. The summed E-state index contributed by atoms with van der Waals surface area (Å²) < 4.78 is 1.80. The second-order valence-corrected chi connectivity index (χ2v) is 3.56. The summed E-state index contributed by atoms with van der Waals surface area (Å²) in [4.78, 5) is 0. The van der Waals surface area contributed by atoms with Crippen LogP contribution < -0.4 is 0 Å². The molecule has 78 valence electrons. The van der Waals surface area contributed by atoms with Crippen LogP contribution in [0, 0.1) is 6.92 Å². The fraction of sp³-hybridized carbons (Fsp3) is 0.250. The lowest BCUT2D eigenvalue weighted by Gasteiger charge is -1.99.